The minimum atomic E-state index is 0.969. The topological polar surface area (TPSA) is 15.6 Å². The van der Waals surface area contributed by atoms with Gasteiger partial charge in [-0.25, -0.2) is 0 Å². The summed E-state index contributed by atoms with van der Waals surface area (Å²) >= 11 is 4.17. The Morgan fingerprint density at radius 1 is 1.15 bits per heavy atom. The molecule has 0 aromatic rings. The van der Waals surface area contributed by atoms with Gasteiger partial charge in [0.05, 0.1) is 5.84 Å². The quantitative estimate of drug-likeness (QED) is 0.303. The third-order valence-electron chi connectivity index (χ3n) is 2.05. The van der Waals surface area contributed by atoms with Gasteiger partial charge in [0.15, 0.2) is 0 Å². The molecule has 0 aliphatic heterocycles. The van der Waals surface area contributed by atoms with Gasteiger partial charge in [-0.3, -0.25) is 4.99 Å². The van der Waals surface area contributed by atoms with E-state index >= 15 is 0 Å². The van der Waals surface area contributed by atoms with Gasteiger partial charge in [-0.2, -0.15) is 12.6 Å². The van der Waals surface area contributed by atoms with Crippen LogP contribution in [0.15, 0.2) is 4.99 Å². The minimum absolute atomic E-state index is 0.969. The molecule has 0 radical (unpaired) electrons. The SMILES string of the molecule is C/C(=N\CCCCCCS)N(C)C. The molecule has 3 heteroatoms. The van der Waals surface area contributed by atoms with Gasteiger partial charge in [0, 0.05) is 20.6 Å². The van der Waals surface area contributed by atoms with E-state index in [9.17, 15) is 0 Å². The van der Waals surface area contributed by atoms with Crippen LogP contribution in [0.1, 0.15) is 32.6 Å². The second-order valence-electron chi connectivity index (χ2n) is 3.46. The van der Waals surface area contributed by atoms with Crippen LogP contribution in [0.3, 0.4) is 0 Å². The summed E-state index contributed by atoms with van der Waals surface area (Å²) in [6.45, 7) is 3.02. The third-order valence-corrected chi connectivity index (χ3v) is 2.37. The van der Waals surface area contributed by atoms with Crippen molar-refractivity contribution < 1.29 is 0 Å². The van der Waals surface area contributed by atoms with E-state index in [-0.39, 0.29) is 0 Å². The van der Waals surface area contributed by atoms with E-state index < -0.39 is 0 Å². The van der Waals surface area contributed by atoms with Crippen LogP contribution < -0.4 is 0 Å². The zero-order valence-electron chi connectivity index (χ0n) is 9.08. The Morgan fingerprint density at radius 3 is 2.31 bits per heavy atom. The molecule has 0 aliphatic carbocycles. The molecule has 13 heavy (non-hydrogen) atoms. The van der Waals surface area contributed by atoms with Crippen molar-refractivity contribution in [1.29, 1.82) is 0 Å². The van der Waals surface area contributed by atoms with Crippen LogP contribution in [-0.4, -0.2) is 37.1 Å². The first-order chi connectivity index (χ1) is 6.18. The molecule has 0 aromatic carbocycles. The van der Waals surface area contributed by atoms with Crippen molar-refractivity contribution in [2.45, 2.75) is 32.6 Å². The van der Waals surface area contributed by atoms with Gasteiger partial charge in [-0.05, 0) is 25.5 Å². The van der Waals surface area contributed by atoms with Crippen LogP contribution in [0.25, 0.3) is 0 Å². The zero-order chi connectivity index (χ0) is 10.1. The number of nitrogens with zero attached hydrogens (tertiary/aromatic N) is 2. The highest BCUT2D eigenvalue weighted by atomic mass is 32.1. The van der Waals surface area contributed by atoms with Crippen LogP contribution >= 0.6 is 12.6 Å². The second kappa shape index (κ2) is 8.42. The van der Waals surface area contributed by atoms with E-state index in [0.717, 1.165) is 18.1 Å². The molecule has 0 unspecified atom stereocenters. The molecule has 78 valence electrons. The Kier molecular flexibility index (Phi) is 8.30. The number of rotatable bonds is 6. The van der Waals surface area contributed by atoms with Crippen molar-refractivity contribution in [2.24, 2.45) is 4.99 Å². The summed E-state index contributed by atoms with van der Waals surface area (Å²) in [6, 6.07) is 0. The van der Waals surface area contributed by atoms with Crippen molar-refractivity contribution in [3.8, 4) is 0 Å². The van der Waals surface area contributed by atoms with Gasteiger partial charge < -0.3 is 4.90 Å². The molecule has 0 fully saturated rings. The van der Waals surface area contributed by atoms with Gasteiger partial charge in [-0.15, -0.1) is 0 Å². The summed E-state index contributed by atoms with van der Waals surface area (Å²) < 4.78 is 0. The van der Waals surface area contributed by atoms with E-state index in [1.165, 1.54) is 25.7 Å². The Balaban J connectivity index is 3.29. The Labute approximate surface area is 87.8 Å². The highest BCUT2D eigenvalue weighted by molar-refractivity contribution is 7.80. The lowest BCUT2D eigenvalue weighted by molar-refractivity contribution is 0.607. The van der Waals surface area contributed by atoms with Crippen LogP contribution in [0.2, 0.25) is 0 Å². The Bertz CT molecular complexity index is 144. The first-order valence-electron chi connectivity index (χ1n) is 4.97. The van der Waals surface area contributed by atoms with Crippen molar-refractivity contribution in [3.63, 3.8) is 0 Å². The van der Waals surface area contributed by atoms with Gasteiger partial charge in [0.1, 0.15) is 0 Å². The number of aliphatic imine (C=N–C) groups is 1. The fraction of sp³-hybridized carbons (Fsp3) is 0.900. The second-order valence-corrected chi connectivity index (χ2v) is 3.91. The van der Waals surface area contributed by atoms with Crippen molar-refractivity contribution in [3.05, 3.63) is 0 Å². The monoisotopic (exact) mass is 202 g/mol. The number of thiol groups is 1. The highest BCUT2D eigenvalue weighted by Gasteiger charge is 1.92. The highest BCUT2D eigenvalue weighted by Crippen LogP contribution is 2.01. The lowest BCUT2D eigenvalue weighted by Crippen LogP contribution is -2.18. The third kappa shape index (κ3) is 8.16. The van der Waals surface area contributed by atoms with Crippen LogP contribution in [-0.2, 0) is 0 Å². The standard InChI is InChI=1S/C10H22N2S/c1-10(12(2)3)11-8-6-4-5-7-9-13/h13H,4-9H2,1-3H3/b11-10+. The average Bonchev–Trinajstić information content (AvgIpc) is 2.10. The molecule has 0 bridgehead atoms. The predicted octanol–water partition coefficient (Wildman–Crippen LogP) is 2.46. The molecule has 0 aromatic heterocycles. The molecule has 0 saturated carbocycles. The molecule has 2 nitrogen and oxygen atoms in total. The first kappa shape index (κ1) is 12.8. The van der Waals surface area contributed by atoms with Crippen LogP contribution in [0.4, 0.5) is 0 Å². The van der Waals surface area contributed by atoms with Crippen molar-refractivity contribution in [1.82, 2.24) is 4.90 Å². The fourth-order valence-electron chi connectivity index (χ4n) is 0.959. The van der Waals surface area contributed by atoms with Gasteiger partial charge >= 0.3 is 0 Å². The maximum atomic E-state index is 4.44. The average molecular weight is 202 g/mol. The molecule has 0 spiro atoms. The Hall–Kier alpha value is -0.180. The molecule has 0 atom stereocenters. The number of unbranched alkanes of at least 4 members (excludes halogenated alkanes) is 3. The van der Waals surface area contributed by atoms with E-state index in [1.54, 1.807) is 0 Å². The number of amidine groups is 1. The summed E-state index contributed by atoms with van der Waals surface area (Å²) in [4.78, 5) is 6.49. The number of hydrogen-bond donors (Lipinski definition) is 1. The smallest absolute Gasteiger partial charge is 0.0952 e. The maximum Gasteiger partial charge on any atom is 0.0952 e. The summed E-state index contributed by atoms with van der Waals surface area (Å²) in [5.41, 5.74) is 0. The maximum absolute atomic E-state index is 4.44. The fourth-order valence-corrected chi connectivity index (χ4v) is 1.18. The van der Waals surface area contributed by atoms with E-state index in [0.29, 0.717) is 0 Å². The van der Waals surface area contributed by atoms with E-state index in [1.807, 2.05) is 25.9 Å². The van der Waals surface area contributed by atoms with E-state index in [4.69, 9.17) is 0 Å². The largest absolute Gasteiger partial charge is 0.367 e. The summed E-state index contributed by atoms with van der Waals surface area (Å²) in [5.74, 6) is 2.13. The van der Waals surface area contributed by atoms with Crippen molar-refractivity contribution in [2.75, 3.05) is 26.4 Å². The Morgan fingerprint density at radius 2 is 1.77 bits per heavy atom. The van der Waals surface area contributed by atoms with Gasteiger partial charge in [-0.1, -0.05) is 12.8 Å². The van der Waals surface area contributed by atoms with Gasteiger partial charge in [0.2, 0.25) is 0 Å². The number of hydrogen-bond acceptors (Lipinski definition) is 2. The van der Waals surface area contributed by atoms with Crippen LogP contribution in [0, 0.1) is 0 Å². The minimum Gasteiger partial charge on any atom is -0.367 e. The van der Waals surface area contributed by atoms with Gasteiger partial charge in [0.25, 0.3) is 0 Å². The normalized spacial score (nSPS) is 11.8. The molecular weight excluding hydrogens is 180 g/mol. The molecule has 0 amide bonds. The molecule has 0 N–H and O–H groups in total. The lowest BCUT2D eigenvalue weighted by atomic mass is 10.2. The molecular formula is C10H22N2S. The lowest BCUT2D eigenvalue weighted by Gasteiger charge is -2.10. The predicted molar refractivity (Wildman–Crippen MR) is 64.0 cm³/mol. The summed E-state index contributed by atoms with van der Waals surface area (Å²) in [7, 11) is 4.06. The van der Waals surface area contributed by atoms with Crippen LogP contribution in [0.5, 0.6) is 0 Å². The first-order valence-corrected chi connectivity index (χ1v) is 5.61. The molecule has 0 saturated heterocycles. The molecule has 0 aliphatic rings. The summed E-state index contributed by atoms with van der Waals surface area (Å²) in [5, 5.41) is 0. The summed E-state index contributed by atoms with van der Waals surface area (Å²) in [6.07, 6.45) is 5.02. The van der Waals surface area contributed by atoms with Crippen molar-refractivity contribution >= 4 is 18.5 Å². The molecule has 0 rings (SSSR count). The van der Waals surface area contributed by atoms with E-state index in [2.05, 4.69) is 17.6 Å². The zero-order valence-corrected chi connectivity index (χ0v) is 9.98. The molecule has 0 heterocycles.